The minimum atomic E-state index is -0.206. The second-order valence-electron chi connectivity index (χ2n) is 3.60. The zero-order valence-electron chi connectivity index (χ0n) is 9.77. The highest BCUT2D eigenvalue weighted by Gasteiger charge is 2.16. The first-order valence-corrected chi connectivity index (χ1v) is 6.38. The lowest BCUT2D eigenvalue weighted by molar-refractivity contribution is -0.120. The van der Waals surface area contributed by atoms with Crippen molar-refractivity contribution >= 4 is 28.8 Å². The smallest absolute Gasteiger partial charge is 0.257 e. The number of benzene rings is 1. The van der Waals surface area contributed by atoms with E-state index < -0.39 is 0 Å². The number of para-hydroxylation sites is 2. The highest BCUT2D eigenvalue weighted by atomic mass is 32.2. The van der Waals surface area contributed by atoms with E-state index in [1.165, 1.54) is 11.8 Å². The number of carbonyl (C=O) groups is 1. The molecule has 17 heavy (non-hydrogen) atoms. The fourth-order valence-electron chi connectivity index (χ4n) is 1.42. The van der Waals surface area contributed by atoms with Crippen molar-refractivity contribution in [3.63, 3.8) is 0 Å². The van der Waals surface area contributed by atoms with Crippen molar-refractivity contribution in [2.24, 2.45) is 0 Å². The molecule has 0 radical (unpaired) electrons. The average Bonchev–Trinajstić information content (AvgIpc) is 2.71. The van der Waals surface area contributed by atoms with Gasteiger partial charge in [0, 0.05) is 6.54 Å². The highest BCUT2D eigenvalue weighted by Crippen LogP contribution is 2.26. The summed E-state index contributed by atoms with van der Waals surface area (Å²) in [4.78, 5) is 15.9. The summed E-state index contributed by atoms with van der Waals surface area (Å²) in [6.45, 7) is 4.37. The van der Waals surface area contributed by atoms with Crippen LogP contribution in [0.4, 0.5) is 0 Å². The Morgan fingerprint density at radius 3 is 3.00 bits per heavy atom. The molecular formula is C12H14N2O2S. The molecule has 1 amide bonds. The van der Waals surface area contributed by atoms with E-state index in [0.29, 0.717) is 11.8 Å². The Labute approximate surface area is 104 Å². The largest absolute Gasteiger partial charge is 0.431 e. The standard InChI is InChI=1S/C12H14N2O2S/c1-3-13-11(15)8(2)17-12-14-9-6-4-5-7-10(9)16-12/h4-8H,3H2,1-2H3,(H,13,15)/t8-/m0/s1. The second-order valence-corrected chi connectivity index (χ2v) is 4.89. The lowest BCUT2D eigenvalue weighted by Gasteiger charge is -2.07. The van der Waals surface area contributed by atoms with Crippen LogP contribution in [0.25, 0.3) is 11.1 Å². The summed E-state index contributed by atoms with van der Waals surface area (Å²) < 4.78 is 5.54. The molecule has 0 aliphatic carbocycles. The molecular weight excluding hydrogens is 236 g/mol. The first-order chi connectivity index (χ1) is 8.20. The van der Waals surface area contributed by atoms with Crippen molar-refractivity contribution < 1.29 is 9.21 Å². The second kappa shape index (κ2) is 5.23. The van der Waals surface area contributed by atoms with Crippen LogP contribution < -0.4 is 5.32 Å². The maximum Gasteiger partial charge on any atom is 0.257 e. The molecule has 0 fully saturated rings. The number of carbonyl (C=O) groups excluding carboxylic acids is 1. The number of fused-ring (bicyclic) bond motifs is 1. The fourth-order valence-corrected chi connectivity index (χ4v) is 2.21. The van der Waals surface area contributed by atoms with Crippen molar-refractivity contribution in [2.45, 2.75) is 24.3 Å². The highest BCUT2D eigenvalue weighted by molar-refractivity contribution is 8.00. The third kappa shape index (κ3) is 2.79. The molecule has 0 aliphatic heterocycles. The minimum absolute atomic E-state index is 0.000226. The van der Waals surface area contributed by atoms with Gasteiger partial charge in [0.2, 0.25) is 5.91 Å². The molecule has 5 heteroatoms. The summed E-state index contributed by atoms with van der Waals surface area (Å²) in [5, 5.41) is 3.10. The summed E-state index contributed by atoms with van der Waals surface area (Å²) in [5.41, 5.74) is 1.57. The number of aromatic nitrogens is 1. The predicted molar refractivity (Wildman–Crippen MR) is 68.0 cm³/mol. The molecule has 4 nitrogen and oxygen atoms in total. The maximum absolute atomic E-state index is 11.6. The molecule has 1 atom stereocenters. The van der Waals surface area contributed by atoms with Crippen molar-refractivity contribution in [1.29, 1.82) is 0 Å². The van der Waals surface area contributed by atoms with Crippen LogP contribution in [0.1, 0.15) is 13.8 Å². The van der Waals surface area contributed by atoms with Crippen molar-refractivity contribution in [1.82, 2.24) is 10.3 Å². The molecule has 1 aromatic heterocycles. The van der Waals surface area contributed by atoms with Gasteiger partial charge in [0.05, 0.1) is 5.25 Å². The van der Waals surface area contributed by atoms with Crippen molar-refractivity contribution in [3.8, 4) is 0 Å². The number of amides is 1. The van der Waals surface area contributed by atoms with E-state index in [4.69, 9.17) is 4.42 Å². The average molecular weight is 250 g/mol. The Kier molecular flexibility index (Phi) is 3.68. The minimum Gasteiger partial charge on any atom is -0.431 e. The number of rotatable bonds is 4. The normalized spacial score (nSPS) is 12.6. The van der Waals surface area contributed by atoms with Gasteiger partial charge < -0.3 is 9.73 Å². The molecule has 0 saturated carbocycles. The van der Waals surface area contributed by atoms with Gasteiger partial charge in [-0.25, -0.2) is 4.98 Å². The van der Waals surface area contributed by atoms with E-state index in [1.54, 1.807) is 0 Å². The topological polar surface area (TPSA) is 55.1 Å². The molecule has 0 spiro atoms. The Morgan fingerprint density at radius 2 is 2.29 bits per heavy atom. The summed E-state index contributed by atoms with van der Waals surface area (Å²) in [5.74, 6) is -0.000226. The van der Waals surface area contributed by atoms with Gasteiger partial charge in [0.25, 0.3) is 5.22 Å². The summed E-state index contributed by atoms with van der Waals surface area (Å²) >= 11 is 1.33. The van der Waals surface area contributed by atoms with Gasteiger partial charge in [-0.05, 0) is 26.0 Å². The first kappa shape index (κ1) is 12.0. The molecule has 90 valence electrons. The summed E-state index contributed by atoms with van der Waals surface area (Å²) in [6.07, 6.45) is 0. The van der Waals surface area contributed by atoms with E-state index in [2.05, 4.69) is 10.3 Å². The van der Waals surface area contributed by atoms with E-state index in [0.717, 1.165) is 11.1 Å². The van der Waals surface area contributed by atoms with Crippen molar-refractivity contribution in [2.75, 3.05) is 6.54 Å². The molecule has 0 saturated heterocycles. The number of oxazole rings is 1. The van der Waals surface area contributed by atoms with Crippen LogP contribution >= 0.6 is 11.8 Å². The van der Waals surface area contributed by atoms with Gasteiger partial charge in [0.1, 0.15) is 5.52 Å². The molecule has 0 aliphatic rings. The lowest BCUT2D eigenvalue weighted by atomic mass is 10.3. The van der Waals surface area contributed by atoms with E-state index in [1.807, 2.05) is 38.1 Å². The zero-order valence-corrected chi connectivity index (χ0v) is 10.6. The first-order valence-electron chi connectivity index (χ1n) is 5.50. The molecule has 0 unspecified atom stereocenters. The fraction of sp³-hybridized carbons (Fsp3) is 0.333. The van der Waals surface area contributed by atoms with Crippen LogP contribution in [0.2, 0.25) is 0 Å². The monoisotopic (exact) mass is 250 g/mol. The van der Waals surface area contributed by atoms with Crippen LogP contribution in [-0.4, -0.2) is 22.7 Å². The van der Waals surface area contributed by atoms with Gasteiger partial charge in [-0.2, -0.15) is 0 Å². The van der Waals surface area contributed by atoms with E-state index >= 15 is 0 Å². The molecule has 1 aromatic carbocycles. The third-order valence-electron chi connectivity index (χ3n) is 2.27. The van der Waals surface area contributed by atoms with Crippen LogP contribution in [0.5, 0.6) is 0 Å². The van der Waals surface area contributed by atoms with Gasteiger partial charge in [0.15, 0.2) is 5.58 Å². The van der Waals surface area contributed by atoms with Crippen LogP contribution in [-0.2, 0) is 4.79 Å². The Hall–Kier alpha value is -1.49. The van der Waals surface area contributed by atoms with Gasteiger partial charge in [-0.1, -0.05) is 23.9 Å². The van der Waals surface area contributed by atoms with Crippen LogP contribution in [0, 0.1) is 0 Å². The number of thioether (sulfide) groups is 1. The van der Waals surface area contributed by atoms with Gasteiger partial charge in [-0.15, -0.1) is 0 Å². The zero-order chi connectivity index (χ0) is 12.3. The number of hydrogen-bond acceptors (Lipinski definition) is 4. The van der Waals surface area contributed by atoms with Crippen LogP contribution in [0.3, 0.4) is 0 Å². The number of hydrogen-bond donors (Lipinski definition) is 1. The Morgan fingerprint density at radius 1 is 1.53 bits per heavy atom. The molecule has 1 N–H and O–H groups in total. The van der Waals surface area contributed by atoms with Crippen LogP contribution in [0.15, 0.2) is 33.9 Å². The number of nitrogens with zero attached hydrogens (tertiary/aromatic N) is 1. The lowest BCUT2D eigenvalue weighted by Crippen LogP contribution is -2.30. The van der Waals surface area contributed by atoms with E-state index in [-0.39, 0.29) is 11.2 Å². The quantitative estimate of drug-likeness (QED) is 0.847. The molecule has 2 aromatic rings. The van der Waals surface area contributed by atoms with Gasteiger partial charge in [-0.3, -0.25) is 4.79 Å². The van der Waals surface area contributed by atoms with E-state index in [9.17, 15) is 4.79 Å². The van der Waals surface area contributed by atoms with Gasteiger partial charge >= 0.3 is 0 Å². The molecule has 2 rings (SSSR count). The summed E-state index contributed by atoms with van der Waals surface area (Å²) in [7, 11) is 0. The SMILES string of the molecule is CCNC(=O)[C@H](C)Sc1nc2ccccc2o1. The molecule has 0 bridgehead atoms. The predicted octanol–water partition coefficient (Wildman–Crippen LogP) is 2.44. The summed E-state index contributed by atoms with van der Waals surface area (Å²) in [6, 6.07) is 7.56. The van der Waals surface area contributed by atoms with Crippen molar-refractivity contribution in [3.05, 3.63) is 24.3 Å². The third-order valence-corrected chi connectivity index (χ3v) is 3.22. The Bertz CT molecular complexity index is 491. The number of nitrogens with one attached hydrogen (secondary N) is 1. The molecule has 1 heterocycles. The Balaban J connectivity index is 2.10. The maximum atomic E-state index is 11.6.